The van der Waals surface area contributed by atoms with Crippen LogP contribution >= 0.6 is 15.9 Å². The summed E-state index contributed by atoms with van der Waals surface area (Å²) >= 11 is 3.55. The molecule has 1 aromatic carbocycles. The summed E-state index contributed by atoms with van der Waals surface area (Å²) in [5.74, 6) is -1.24. The molecule has 0 bridgehead atoms. The Hall–Kier alpha value is -0.870. The highest BCUT2D eigenvalue weighted by molar-refractivity contribution is 9.10. The average Bonchev–Trinajstić information content (AvgIpc) is 2.83. The van der Waals surface area contributed by atoms with Crippen molar-refractivity contribution in [3.63, 3.8) is 0 Å². The summed E-state index contributed by atoms with van der Waals surface area (Å²) < 4.78 is 1.01. The van der Waals surface area contributed by atoms with Crippen LogP contribution in [0.25, 0.3) is 0 Å². The predicted molar refractivity (Wildman–Crippen MR) is 74.7 cm³/mol. The van der Waals surface area contributed by atoms with Crippen LogP contribution in [-0.2, 0) is 11.3 Å². The molecule has 1 unspecified atom stereocenters. The van der Waals surface area contributed by atoms with Crippen LogP contribution in [0.3, 0.4) is 0 Å². The van der Waals surface area contributed by atoms with Crippen LogP contribution in [0.5, 0.6) is 0 Å². The van der Waals surface area contributed by atoms with Crippen LogP contribution in [0.1, 0.15) is 36.8 Å². The standard InChI is InChI=1S/C14H18BrNO2/c1-10(14(17)18)11-4-5-12(13(15)8-11)9-16-6-2-3-7-16/h4-5,8,10H,2-3,6-7,9H2,1H3,(H,17,18). The van der Waals surface area contributed by atoms with E-state index in [0.717, 1.165) is 16.6 Å². The highest BCUT2D eigenvalue weighted by Crippen LogP contribution is 2.25. The molecule has 0 aliphatic carbocycles. The van der Waals surface area contributed by atoms with Gasteiger partial charge in [0.05, 0.1) is 5.92 Å². The predicted octanol–water partition coefficient (Wildman–Crippen LogP) is 3.23. The lowest BCUT2D eigenvalue weighted by atomic mass is 10.00. The molecule has 0 radical (unpaired) electrons. The number of rotatable bonds is 4. The summed E-state index contributed by atoms with van der Waals surface area (Å²) in [6, 6.07) is 5.90. The molecule has 0 amide bonds. The van der Waals surface area contributed by atoms with Gasteiger partial charge in [0.2, 0.25) is 0 Å². The van der Waals surface area contributed by atoms with Crippen molar-refractivity contribution in [1.82, 2.24) is 4.90 Å². The van der Waals surface area contributed by atoms with Gasteiger partial charge in [-0.05, 0) is 50.0 Å². The van der Waals surface area contributed by atoms with Gasteiger partial charge in [-0.2, -0.15) is 0 Å². The maximum Gasteiger partial charge on any atom is 0.310 e. The Morgan fingerprint density at radius 2 is 2.11 bits per heavy atom. The maximum atomic E-state index is 11.0. The lowest BCUT2D eigenvalue weighted by Gasteiger charge is -2.17. The SMILES string of the molecule is CC(C(=O)O)c1ccc(CN2CCCC2)c(Br)c1. The van der Waals surface area contributed by atoms with E-state index in [1.807, 2.05) is 18.2 Å². The van der Waals surface area contributed by atoms with Crippen molar-refractivity contribution in [2.24, 2.45) is 0 Å². The number of carbonyl (C=O) groups is 1. The van der Waals surface area contributed by atoms with E-state index in [-0.39, 0.29) is 0 Å². The van der Waals surface area contributed by atoms with Crippen LogP contribution in [0.4, 0.5) is 0 Å². The number of aliphatic carboxylic acids is 1. The van der Waals surface area contributed by atoms with Crippen LogP contribution in [0.15, 0.2) is 22.7 Å². The monoisotopic (exact) mass is 311 g/mol. The molecule has 1 N–H and O–H groups in total. The summed E-state index contributed by atoms with van der Waals surface area (Å²) in [5, 5.41) is 9.00. The topological polar surface area (TPSA) is 40.5 Å². The number of carboxylic acid groups (broad SMARTS) is 1. The molecular weight excluding hydrogens is 294 g/mol. The first kappa shape index (κ1) is 13.6. The second-order valence-electron chi connectivity index (χ2n) is 4.89. The number of halogens is 1. The van der Waals surface area contributed by atoms with E-state index in [9.17, 15) is 4.79 Å². The minimum Gasteiger partial charge on any atom is -0.481 e. The number of benzene rings is 1. The third-order valence-electron chi connectivity index (χ3n) is 3.54. The van der Waals surface area contributed by atoms with E-state index in [2.05, 4.69) is 20.8 Å². The Labute approximate surface area is 116 Å². The molecule has 1 aromatic rings. The molecule has 18 heavy (non-hydrogen) atoms. The fourth-order valence-electron chi connectivity index (χ4n) is 2.29. The van der Waals surface area contributed by atoms with Gasteiger partial charge in [0.15, 0.2) is 0 Å². The molecule has 1 aliphatic heterocycles. The molecule has 1 fully saturated rings. The minimum atomic E-state index is -0.783. The zero-order chi connectivity index (χ0) is 13.1. The third kappa shape index (κ3) is 3.12. The fraction of sp³-hybridized carbons (Fsp3) is 0.500. The largest absolute Gasteiger partial charge is 0.481 e. The molecule has 1 atom stereocenters. The Balaban J connectivity index is 2.11. The van der Waals surface area contributed by atoms with Crippen molar-refractivity contribution in [3.8, 4) is 0 Å². The smallest absolute Gasteiger partial charge is 0.310 e. The quantitative estimate of drug-likeness (QED) is 0.928. The van der Waals surface area contributed by atoms with Crippen LogP contribution in [-0.4, -0.2) is 29.1 Å². The first-order valence-electron chi connectivity index (χ1n) is 6.31. The summed E-state index contributed by atoms with van der Waals surface area (Å²) in [6.07, 6.45) is 2.57. The Morgan fingerprint density at radius 1 is 1.44 bits per heavy atom. The lowest BCUT2D eigenvalue weighted by molar-refractivity contribution is -0.138. The van der Waals surface area contributed by atoms with Gasteiger partial charge in [0.25, 0.3) is 0 Å². The van der Waals surface area contributed by atoms with E-state index in [4.69, 9.17) is 5.11 Å². The molecule has 1 aliphatic rings. The van der Waals surface area contributed by atoms with E-state index in [0.29, 0.717) is 0 Å². The molecule has 2 rings (SSSR count). The molecule has 3 nitrogen and oxygen atoms in total. The van der Waals surface area contributed by atoms with E-state index in [1.54, 1.807) is 6.92 Å². The van der Waals surface area contributed by atoms with Crippen LogP contribution in [0, 0.1) is 0 Å². The van der Waals surface area contributed by atoms with Gasteiger partial charge in [-0.15, -0.1) is 0 Å². The summed E-state index contributed by atoms with van der Waals surface area (Å²) in [6.45, 7) is 4.99. The maximum absolute atomic E-state index is 11.0. The molecule has 1 heterocycles. The second-order valence-corrected chi connectivity index (χ2v) is 5.75. The Morgan fingerprint density at radius 3 is 2.67 bits per heavy atom. The second kappa shape index (κ2) is 5.85. The van der Waals surface area contributed by atoms with Gasteiger partial charge in [-0.3, -0.25) is 9.69 Å². The molecule has 98 valence electrons. The first-order chi connectivity index (χ1) is 8.58. The molecule has 1 saturated heterocycles. The summed E-state index contributed by atoms with van der Waals surface area (Å²) in [4.78, 5) is 13.4. The van der Waals surface area contributed by atoms with E-state index >= 15 is 0 Å². The van der Waals surface area contributed by atoms with Crippen molar-refractivity contribution < 1.29 is 9.90 Å². The Kier molecular flexibility index (Phi) is 4.40. The summed E-state index contributed by atoms with van der Waals surface area (Å²) in [7, 11) is 0. The van der Waals surface area contributed by atoms with Gasteiger partial charge in [-0.25, -0.2) is 0 Å². The lowest BCUT2D eigenvalue weighted by Crippen LogP contribution is -2.18. The minimum absolute atomic E-state index is 0.456. The van der Waals surface area contributed by atoms with E-state index in [1.165, 1.54) is 31.5 Å². The van der Waals surface area contributed by atoms with Crippen molar-refractivity contribution in [2.75, 3.05) is 13.1 Å². The number of hydrogen-bond acceptors (Lipinski definition) is 2. The number of nitrogens with zero attached hydrogens (tertiary/aromatic N) is 1. The summed E-state index contributed by atoms with van der Waals surface area (Å²) in [5.41, 5.74) is 2.08. The van der Waals surface area contributed by atoms with Gasteiger partial charge in [-0.1, -0.05) is 28.1 Å². The zero-order valence-corrected chi connectivity index (χ0v) is 12.1. The van der Waals surface area contributed by atoms with Crippen LogP contribution < -0.4 is 0 Å². The molecule has 0 spiro atoms. The normalized spacial score (nSPS) is 17.9. The van der Waals surface area contributed by atoms with Crippen molar-refractivity contribution in [3.05, 3.63) is 33.8 Å². The molecule has 0 aromatic heterocycles. The highest BCUT2D eigenvalue weighted by atomic mass is 79.9. The van der Waals surface area contributed by atoms with Crippen molar-refractivity contribution in [1.29, 1.82) is 0 Å². The van der Waals surface area contributed by atoms with Crippen molar-refractivity contribution >= 4 is 21.9 Å². The van der Waals surface area contributed by atoms with Crippen molar-refractivity contribution in [2.45, 2.75) is 32.2 Å². The fourth-order valence-corrected chi connectivity index (χ4v) is 2.81. The van der Waals surface area contributed by atoms with Crippen LogP contribution in [0.2, 0.25) is 0 Å². The molecular formula is C14H18BrNO2. The highest BCUT2D eigenvalue weighted by Gasteiger charge is 2.16. The number of hydrogen-bond donors (Lipinski definition) is 1. The molecule has 0 saturated carbocycles. The van der Waals surface area contributed by atoms with Gasteiger partial charge < -0.3 is 5.11 Å². The van der Waals surface area contributed by atoms with Gasteiger partial charge >= 0.3 is 5.97 Å². The zero-order valence-electron chi connectivity index (χ0n) is 10.5. The first-order valence-corrected chi connectivity index (χ1v) is 7.10. The third-order valence-corrected chi connectivity index (χ3v) is 4.28. The number of likely N-dealkylation sites (tertiary alicyclic amines) is 1. The average molecular weight is 312 g/mol. The van der Waals surface area contributed by atoms with Gasteiger partial charge in [0, 0.05) is 11.0 Å². The van der Waals surface area contributed by atoms with Gasteiger partial charge in [0.1, 0.15) is 0 Å². The Bertz CT molecular complexity index is 441. The number of carboxylic acids is 1. The molecule has 4 heteroatoms. The van der Waals surface area contributed by atoms with E-state index < -0.39 is 11.9 Å².